The van der Waals surface area contributed by atoms with Gasteiger partial charge in [0.1, 0.15) is 0 Å². The number of amides is 1. The summed E-state index contributed by atoms with van der Waals surface area (Å²) in [6.07, 6.45) is 93.4. The van der Waals surface area contributed by atoms with Crippen molar-refractivity contribution < 1.29 is 24.5 Å². The molecule has 0 aliphatic heterocycles. The largest absolute Gasteiger partial charge is 0.466 e. The van der Waals surface area contributed by atoms with E-state index in [1.807, 2.05) is 6.08 Å². The SMILES string of the molecule is CCCCCCCC/C=C\CCCCCCCCCCCC(=O)OCCCCCCCCCCC/C=C\C/C=C\CCCCCCCCCCCCCC(=O)NC(CO)C(O)/C=C/CCCCCCCCCCCCCCCCCCC. The number of allylic oxidation sites excluding steroid dienone is 7. The Kier molecular flexibility index (Phi) is 69.4. The number of ether oxygens (including phenoxy) is 1. The van der Waals surface area contributed by atoms with Crippen molar-refractivity contribution in [1.29, 1.82) is 0 Å². The van der Waals surface area contributed by atoms with Crippen molar-refractivity contribution in [2.24, 2.45) is 0 Å². The van der Waals surface area contributed by atoms with Gasteiger partial charge in [-0.05, 0) is 89.9 Å². The van der Waals surface area contributed by atoms with Crippen LogP contribution in [0.3, 0.4) is 0 Å². The molecule has 0 rings (SSSR count). The van der Waals surface area contributed by atoms with Gasteiger partial charge < -0.3 is 20.3 Å². The highest BCUT2D eigenvalue weighted by Crippen LogP contribution is 2.18. The Morgan fingerprint density at radius 2 is 0.610 bits per heavy atom. The molecule has 6 nitrogen and oxygen atoms in total. The van der Waals surface area contributed by atoms with Gasteiger partial charge in [-0.1, -0.05) is 345 Å². The number of hydrogen-bond acceptors (Lipinski definition) is 5. The van der Waals surface area contributed by atoms with Crippen LogP contribution in [0.1, 0.15) is 399 Å². The molecule has 0 radical (unpaired) electrons. The molecule has 2 atom stereocenters. The van der Waals surface area contributed by atoms with Crippen LogP contribution >= 0.6 is 0 Å². The van der Waals surface area contributed by atoms with Crippen molar-refractivity contribution in [2.75, 3.05) is 13.2 Å². The molecule has 0 aromatic carbocycles. The highest BCUT2D eigenvalue weighted by atomic mass is 16.5. The number of rotatable bonds is 69. The Labute approximate surface area is 512 Å². The van der Waals surface area contributed by atoms with Crippen molar-refractivity contribution in [1.82, 2.24) is 5.32 Å². The lowest BCUT2D eigenvalue weighted by Crippen LogP contribution is -2.45. The molecule has 0 aromatic heterocycles. The van der Waals surface area contributed by atoms with Crippen molar-refractivity contribution in [2.45, 2.75) is 411 Å². The van der Waals surface area contributed by atoms with Crippen LogP contribution in [0.5, 0.6) is 0 Å². The zero-order valence-electron chi connectivity index (χ0n) is 55.2. The van der Waals surface area contributed by atoms with E-state index in [-0.39, 0.29) is 18.5 Å². The van der Waals surface area contributed by atoms with Gasteiger partial charge in [0, 0.05) is 12.8 Å². The summed E-state index contributed by atoms with van der Waals surface area (Å²) in [4.78, 5) is 24.6. The van der Waals surface area contributed by atoms with E-state index in [0.29, 0.717) is 19.4 Å². The van der Waals surface area contributed by atoms with Crippen molar-refractivity contribution in [3.05, 3.63) is 48.6 Å². The van der Waals surface area contributed by atoms with E-state index < -0.39 is 12.1 Å². The first kappa shape index (κ1) is 79.8. The van der Waals surface area contributed by atoms with Gasteiger partial charge in [0.25, 0.3) is 0 Å². The zero-order valence-corrected chi connectivity index (χ0v) is 55.2. The third kappa shape index (κ3) is 67.0. The summed E-state index contributed by atoms with van der Waals surface area (Å²) in [6.45, 7) is 4.93. The van der Waals surface area contributed by atoms with Gasteiger partial charge in [0.05, 0.1) is 25.4 Å². The molecule has 82 heavy (non-hydrogen) atoms. The molecule has 6 heteroatoms. The average molecular weight is 1150 g/mol. The normalized spacial score (nSPS) is 12.8. The van der Waals surface area contributed by atoms with Crippen molar-refractivity contribution in [3.8, 4) is 0 Å². The van der Waals surface area contributed by atoms with Crippen LogP contribution in [0, 0.1) is 0 Å². The lowest BCUT2D eigenvalue weighted by atomic mass is 10.0. The molecule has 3 N–H and O–H groups in total. The number of aliphatic hydroxyl groups is 2. The molecule has 0 saturated carbocycles. The number of carbonyl (C=O) groups is 2. The molecule has 0 spiro atoms. The van der Waals surface area contributed by atoms with E-state index >= 15 is 0 Å². The lowest BCUT2D eigenvalue weighted by Gasteiger charge is -2.20. The summed E-state index contributed by atoms with van der Waals surface area (Å²) in [5, 5.41) is 23.2. The predicted molar refractivity (Wildman–Crippen MR) is 361 cm³/mol. The summed E-state index contributed by atoms with van der Waals surface area (Å²) in [5.74, 6) is -0.0581. The van der Waals surface area contributed by atoms with Crippen LogP contribution < -0.4 is 5.32 Å². The van der Waals surface area contributed by atoms with Gasteiger partial charge >= 0.3 is 5.97 Å². The molecular weight excluding hydrogens is 1010 g/mol. The fourth-order valence-electron chi connectivity index (χ4n) is 11.4. The third-order valence-corrected chi connectivity index (χ3v) is 17.1. The zero-order chi connectivity index (χ0) is 59.2. The molecule has 482 valence electrons. The van der Waals surface area contributed by atoms with Crippen molar-refractivity contribution in [3.63, 3.8) is 0 Å². The minimum absolute atomic E-state index is 0.0102. The number of carbonyl (C=O) groups excluding carboxylic acids is 2. The molecule has 0 heterocycles. The molecule has 0 bridgehead atoms. The van der Waals surface area contributed by atoms with Gasteiger partial charge in [-0.2, -0.15) is 0 Å². The quantitative estimate of drug-likeness (QED) is 0.0320. The Morgan fingerprint density at radius 3 is 0.939 bits per heavy atom. The second kappa shape index (κ2) is 71.3. The summed E-state index contributed by atoms with van der Waals surface area (Å²) in [5.41, 5.74) is 0. The highest BCUT2D eigenvalue weighted by molar-refractivity contribution is 5.76. The number of nitrogens with one attached hydrogen (secondary N) is 1. The first-order valence-electron chi connectivity index (χ1n) is 36.9. The molecule has 2 unspecified atom stereocenters. The topological polar surface area (TPSA) is 95.9 Å². The molecule has 0 aromatic rings. The monoisotopic (exact) mass is 1150 g/mol. The molecular formula is C76H143NO5. The Balaban J connectivity index is 3.43. The van der Waals surface area contributed by atoms with Crippen LogP contribution in [-0.2, 0) is 14.3 Å². The fraction of sp³-hybridized carbons (Fsp3) is 0.868. The summed E-state index contributed by atoms with van der Waals surface area (Å²) in [6, 6.07) is -0.632. The first-order valence-corrected chi connectivity index (χ1v) is 36.9. The Hall–Kier alpha value is -2.18. The summed E-state index contributed by atoms with van der Waals surface area (Å²) >= 11 is 0. The molecule has 0 fully saturated rings. The van der Waals surface area contributed by atoms with Crippen LogP contribution in [0.2, 0.25) is 0 Å². The van der Waals surface area contributed by atoms with Crippen molar-refractivity contribution >= 4 is 11.9 Å². The van der Waals surface area contributed by atoms with Crippen LogP contribution in [-0.4, -0.2) is 47.4 Å². The maximum atomic E-state index is 12.5. The summed E-state index contributed by atoms with van der Waals surface area (Å²) in [7, 11) is 0. The number of esters is 1. The van der Waals surface area contributed by atoms with E-state index in [0.717, 1.165) is 51.4 Å². The number of hydrogen-bond donors (Lipinski definition) is 3. The second-order valence-corrected chi connectivity index (χ2v) is 25.3. The standard InChI is InChI=1S/C76H143NO5/c1-3-5-7-9-11-13-15-17-19-21-32-36-40-44-48-52-56-60-64-68-74(79)73(72-78)77-75(80)69-65-61-57-53-49-45-41-37-34-30-28-26-24-23-25-27-29-31-35-39-43-47-51-55-59-63-67-71-82-76(81)70-66-62-58-54-50-46-42-38-33-22-20-18-16-14-12-10-8-6-4-2/h18,20,23-24,27,29,64,68,73-74,78-79H,3-17,19,21-22,25-26,28,30-63,65-67,69-72H2,1-2H3,(H,77,80)/b20-18-,24-23-,29-27-,68-64+. The van der Waals surface area contributed by atoms with Gasteiger partial charge in [-0.3, -0.25) is 9.59 Å². The number of aliphatic hydroxyl groups excluding tert-OH is 2. The van der Waals surface area contributed by atoms with Crippen LogP contribution in [0.25, 0.3) is 0 Å². The maximum absolute atomic E-state index is 12.5. The summed E-state index contributed by atoms with van der Waals surface area (Å²) < 4.78 is 5.51. The molecule has 0 saturated heterocycles. The van der Waals surface area contributed by atoms with E-state index in [1.165, 1.54) is 321 Å². The Bertz CT molecular complexity index is 1370. The third-order valence-electron chi connectivity index (χ3n) is 17.1. The Morgan fingerprint density at radius 1 is 0.341 bits per heavy atom. The van der Waals surface area contributed by atoms with E-state index in [2.05, 4.69) is 55.6 Å². The van der Waals surface area contributed by atoms with E-state index in [4.69, 9.17) is 4.74 Å². The fourth-order valence-corrected chi connectivity index (χ4v) is 11.4. The van der Waals surface area contributed by atoms with Gasteiger partial charge in [-0.25, -0.2) is 0 Å². The lowest BCUT2D eigenvalue weighted by molar-refractivity contribution is -0.143. The second-order valence-electron chi connectivity index (χ2n) is 25.3. The first-order chi connectivity index (χ1) is 40.5. The van der Waals surface area contributed by atoms with Gasteiger partial charge in [-0.15, -0.1) is 0 Å². The minimum Gasteiger partial charge on any atom is -0.466 e. The molecule has 0 aliphatic carbocycles. The van der Waals surface area contributed by atoms with Gasteiger partial charge in [0.2, 0.25) is 5.91 Å². The van der Waals surface area contributed by atoms with Crippen LogP contribution in [0.4, 0.5) is 0 Å². The molecule has 0 aliphatic rings. The predicted octanol–water partition coefficient (Wildman–Crippen LogP) is 24.0. The van der Waals surface area contributed by atoms with E-state index in [1.54, 1.807) is 6.08 Å². The average Bonchev–Trinajstić information content (AvgIpc) is 3.48. The van der Waals surface area contributed by atoms with E-state index in [9.17, 15) is 19.8 Å². The molecule has 1 amide bonds. The van der Waals surface area contributed by atoms with Crippen LogP contribution in [0.15, 0.2) is 48.6 Å². The maximum Gasteiger partial charge on any atom is 0.305 e. The minimum atomic E-state index is -0.848. The highest BCUT2D eigenvalue weighted by Gasteiger charge is 2.18. The van der Waals surface area contributed by atoms with Gasteiger partial charge in [0.15, 0.2) is 0 Å². The smallest absolute Gasteiger partial charge is 0.305 e. The number of unbranched alkanes of at least 4 members (excludes halogenated alkanes) is 52.